The fourth-order valence-corrected chi connectivity index (χ4v) is 3.44. The van der Waals surface area contributed by atoms with E-state index in [4.69, 9.17) is 9.47 Å². The fraction of sp³-hybridized carbons (Fsp3) is 0.200. The van der Waals surface area contributed by atoms with E-state index < -0.39 is 18.6 Å². The molecule has 31 heavy (non-hydrogen) atoms. The predicted octanol–water partition coefficient (Wildman–Crippen LogP) is 3.21. The molecule has 2 aromatic carbocycles. The molecule has 1 aromatic heterocycles. The van der Waals surface area contributed by atoms with E-state index in [1.54, 1.807) is 49.4 Å². The molecular formula is C20H18F2N6O3. The third-order valence-electron chi connectivity index (χ3n) is 4.74. The van der Waals surface area contributed by atoms with Crippen LogP contribution < -0.4 is 20.1 Å². The molecule has 0 spiro atoms. The van der Waals surface area contributed by atoms with Gasteiger partial charge in [0.05, 0.1) is 18.4 Å². The molecular weight excluding hydrogens is 410 g/mol. The van der Waals surface area contributed by atoms with Crippen molar-refractivity contribution in [3.8, 4) is 11.5 Å². The number of nitrogens with one attached hydrogen (secondary N) is 2. The van der Waals surface area contributed by atoms with Gasteiger partial charge >= 0.3 is 6.61 Å². The van der Waals surface area contributed by atoms with Crippen LogP contribution in [0.3, 0.4) is 0 Å². The van der Waals surface area contributed by atoms with Crippen molar-refractivity contribution >= 4 is 17.5 Å². The maximum absolute atomic E-state index is 13.4. The number of ether oxygens (including phenoxy) is 2. The number of anilines is 2. The van der Waals surface area contributed by atoms with Gasteiger partial charge in [0.25, 0.3) is 5.91 Å². The van der Waals surface area contributed by atoms with E-state index in [0.29, 0.717) is 22.7 Å². The Bertz CT molecular complexity index is 1150. The van der Waals surface area contributed by atoms with Crippen molar-refractivity contribution in [2.75, 3.05) is 17.7 Å². The monoisotopic (exact) mass is 428 g/mol. The summed E-state index contributed by atoms with van der Waals surface area (Å²) in [5.74, 6) is 0.177. The average molecular weight is 428 g/mol. The maximum atomic E-state index is 13.4. The number of nitrogens with zero attached hydrogens (tertiary/aromatic N) is 4. The number of carbonyl (C=O) groups excluding carboxylic acids is 1. The van der Waals surface area contributed by atoms with E-state index in [9.17, 15) is 13.6 Å². The third-order valence-corrected chi connectivity index (χ3v) is 4.74. The van der Waals surface area contributed by atoms with Crippen LogP contribution in [0.2, 0.25) is 0 Å². The molecule has 1 atom stereocenters. The first kappa shape index (κ1) is 20.3. The number of amides is 1. The standard InChI is InChI=1S/C20H18F2N6O3/c1-11-16(18(29)24-13-8-4-6-10-15(13)30-2)17(28-20(23-11)25-26-27-28)12-7-3-5-9-14(12)31-19(21)22/h3-10,17,19H,1-2H3,(H,24,29)(H,23,25,27)/t17-/m1/s1. The molecule has 0 bridgehead atoms. The Hall–Kier alpha value is -4.02. The summed E-state index contributed by atoms with van der Waals surface area (Å²) < 4.78 is 37.4. The number of alkyl halides is 2. The number of rotatable bonds is 6. The predicted molar refractivity (Wildman–Crippen MR) is 107 cm³/mol. The highest BCUT2D eigenvalue weighted by Gasteiger charge is 2.36. The number of benzene rings is 2. The van der Waals surface area contributed by atoms with Gasteiger partial charge in [-0.3, -0.25) is 4.79 Å². The lowest BCUT2D eigenvalue weighted by atomic mass is 9.94. The van der Waals surface area contributed by atoms with Crippen LogP contribution in [0.5, 0.6) is 11.5 Å². The van der Waals surface area contributed by atoms with Crippen molar-refractivity contribution in [2.24, 2.45) is 0 Å². The SMILES string of the molecule is COc1ccccc1NC(=O)C1=C(C)Nc2nnnn2[C@@H]1c1ccccc1OC(F)F. The Morgan fingerprint density at radius 3 is 2.61 bits per heavy atom. The number of carbonyl (C=O) groups is 1. The van der Waals surface area contributed by atoms with E-state index in [2.05, 4.69) is 26.2 Å². The Labute approximate surface area is 175 Å². The topological polar surface area (TPSA) is 103 Å². The first-order chi connectivity index (χ1) is 15.0. The second-order valence-corrected chi connectivity index (χ2v) is 6.58. The molecule has 3 aromatic rings. The zero-order chi connectivity index (χ0) is 22.0. The highest BCUT2D eigenvalue weighted by atomic mass is 19.3. The Morgan fingerprint density at radius 1 is 1.16 bits per heavy atom. The Morgan fingerprint density at radius 2 is 1.87 bits per heavy atom. The number of hydrogen-bond donors (Lipinski definition) is 2. The largest absolute Gasteiger partial charge is 0.495 e. The van der Waals surface area contributed by atoms with E-state index in [0.717, 1.165) is 0 Å². The molecule has 0 fully saturated rings. The summed E-state index contributed by atoms with van der Waals surface area (Å²) in [6, 6.07) is 12.2. The summed E-state index contributed by atoms with van der Waals surface area (Å²) in [4.78, 5) is 13.4. The summed E-state index contributed by atoms with van der Waals surface area (Å²) in [5.41, 5.74) is 1.46. The van der Waals surface area contributed by atoms with Crippen molar-refractivity contribution in [3.63, 3.8) is 0 Å². The second-order valence-electron chi connectivity index (χ2n) is 6.58. The van der Waals surface area contributed by atoms with Crippen LogP contribution in [0.1, 0.15) is 18.5 Å². The minimum absolute atomic E-state index is 0.0822. The van der Waals surface area contributed by atoms with Gasteiger partial charge in [-0.05, 0) is 35.5 Å². The van der Waals surface area contributed by atoms with Crippen molar-refractivity contribution in [3.05, 3.63) is 65.4 Å². The molecule has 0 saturated heterocycles. The summed E-state index contributed by atoms with van der Waals surface area (Å²) in [5, 5.41) is 17.3. The van der Waals surface area contributed by atoms with Gasteiger partial charge in [-0.25, -0.2) is 0 Å². The number of fused-ring (bicyclic) bond motifs is 1. The first-order valence-electron chi connectivity index (χ1n) is 9.23. The molecule has 0 radical (unpaired) electrons. The Kier molecular flexibility index (Phi) is 5.48. The molecule has 1 amide bonds. The quantitative estimate of drug-likeness (QED) is 0.621. The number of aromatic nitrogens is 4. The highest BCUT2D eigenvalue weighted by Crippen LogP contribution is 2.39. The van der Waals surface area contributed by atoms with Crippen LogP contribution in [0.4, 0.5) is 20.4 Å². The molecule has 0 unspecified atom stereocenters. The summed E-state index contributed by atoms with van der Waals surface area (Å²) >= 11 is 0. The molecule has 2 heterocycles. The molecule has 2 N–H and O–H groups in total. The molecule has 9 nitrogen and oxygen atoms in total. The van der Waals surface area contributed by atoms with Gasteiger partial charge in [-0.1, -0.05) is 35.4 Å². The van der Waals surface area contributed by atoms with Crippen LogP contribution >= 0.6 is 0 Å². The van der Waals surface area contributed by atoms with Crippen molar-refractivity contribution < 1.29 is 23.0 Å². The van der Waals surface area contributed by atoms with Crippen LogP contribution in [-0.2, 0) is 4.79 Å². The third kappa shape index (κ3) is 3.89. The molecule has 0 saturated carbocycles. The summed E-state index contributed by atoms with van der Waals surface area (Å²) in [6.07, 6.45) is 0. The van der Waals surface area contributed by atoms with E-state index >= 15 is 0 Å². The highest BCUT2D eigenvalue weighted by molar-refractivity contribution is 6.06. The average Bonchev–Trinajstić information content (AvgIpc) is 3.21. The number of allylic oxidation sites excluding steroid dienone is 1. The van der Waals surface area contributed by atoms with Crippen LogP contribution in [0.15, 0.2) is 59.8 Å². The second kappa shape index (κ2) is 8.38. The van der Waals surface area contributed by atoms with Crippen LogP contribution in [0.25, 0.3) is 0 Å². The summed E-state index contributed by atoms with van der Waals surface area (Å²) in [6.45, 7) is -1.36. The fourth-order valence-electron chi connectivity index (χ4n) is 3.44. The van der Waals surface area contributed by atoms with Gasteiger partial charge < -0.3 is 20.1 Å². The van der Waals surface area contributed by atoms with Gasteiger partial charge in [0, 0.05) is 11.3 Å². The van der Waals surface area contributed by atoms with E-state index in [-0.39, 0.29) is 17.3 Å². The molecule has 1 aliphatic heterocycles. The lowest BCUT2D eigenvalue weighted by Gasteiger charge is -2.29. The first-order valence-corrected chi connectivity index (χ1v) is 9.23. The molecule has 11 heteroatoms. The molecule has 160 valence electrons. The molecule has 4 rings (SSSR count). The van der Waals surface area contributed by atoms with Gasteiger partial charge in [0.2, 0.25) is 5.95 Å². The van der Waals surface area contributed by atoms with Crippen LogP contribution in [-0.4, -0.2) is 39.8 Å². The zero-order valence-corrected chi connectivity index (χ0v) is 16.5. The van der Waals surface area contributed by atoms with E-state index in [1.165, 1.54) is 17.9 Å². The lowest BCUT2D eigenvalue weighted by molar-refractivity contribution is -0.113. The number of methoxy groups -OCH3 is 1. The van der Waals surface area contributed by atoms with Crippen molar-refractivity contribution in [1.29, 1.82) is 0 Å². The van der Waals surface area contributed by atoms with Crippen molar-refractivity contribution in [2.45, 2.75) is 19.6 Å². The van der Waals surface area contributed by atoms with E-state index in [1.807, 2.05) is 0 Å². The smallest absolute Gasteiger partial charge is 0.387 e. The normalized spacial score (nSPS) is 15.3. The van der Waals surface area contributed by atoms with Gasteiger partial charge in [0.15, 0.2) is 0 Å². The lowest BCUT2D eigenvalue weighted by Crippen LogP contribution is -2.32. The van der Waals surface area contributed by atoms with Gasteiger partial charge in [0.1, 0.15) is 17.5 Å². The molecule has 0 aliphatic carbocycles. The summed E-state index contributed by atoms with van der Waals surface area (Å²) in [7, 11) is 1.49. The minimum Gasteiger partial charge on any atom is -0.495 e. The number of para-hydroxylation sites is 3. The number of hydrogen-bond acceptors (Lipinski definition) is 7. The minimum atomic E-state index is -3.04. The van der Waals surface area contributed by atoms with Gasteiger partial charge in [-0.2, -0.15) is 13.5 Å². The maximum Gasteiger partial charge on any atom is 0.387 e. The molecule has 1 aliphatic rings. The number of halogens is 2. The number of tetrazole rings is 1. The van der Waals surface area contributed by atoms with Crippen LogP contribution in [0, 0.1) is 0 Å². The van der Waals surface area contributed by atoms with Crippen molar-refractivity contribution in [1.82, 2.24) is 20.2 Å². The zero-order valence-electron chi connectivity index (χ0n) is 16.5. The Balaban J connectivity index is 1.80. The van der Waals surface area contributed by atoms with Gasteiger partial charge in [-0.15, -0.1) is 0 Å².